The number of urea groups is 1. The van der Waals surface area contributed by atoms with Crippen LogP contribution in [0.3, 0.4) is 0 Å². The van der Waals surface area contributed by atoms with Crippen LogP contribution < -0.4 is 5.32 Å². The van der Waals surface area contributed by atoms with Gasteiger partial charge in [0.2, 0.25) is 0 Å². The Morgan fingerprint density at radius 3 is 2.59 bits per heavy atom. The number of nitrogens with zero attached hydrogens (tertiary/aromatic N) is 1. The van der Waals surface area contributed by atoms with Crippen molar-refractivity contribution in [2.24, 2.45) is 0 Å². The summed E-state index contributed by atoms with van der Waals surface area (Å²) in [6.07, 6.45) is -4.86. The van der Waals surface area contributed by atoms with Crippen molar-refractivity contribution in [3.8, 4) is 0 Å². The summed E-state index contributed by atoms with van der Waals surface area (Å²) in [5, 5.41) is 11.1. The van der Waals surface area contributed by atoms with Crippen molar-refractivity contribution in [1.29, 1.82) is 0 Å². The third kappa shape index (κ3) is 5.15. The molecule has 1 aromatic rings. The van der Waals surface area contributed by atoms with Crippen LogP contribution in [0.2, 0.25) is 0 Å². The summed E-state index contributed by atoms with van der Waals surface area (Å²) in [5.41, 5.74) is -1.66. The lowest BCUT2D eigenvalue weighted by Crippen LogP contribution is -2.39. The third-order valence-corrected chi connectivity index (χ3v) is 2.75. The molecule has 2 amide bonds. The molecule has 0 heterocycles. The quantitative estimate of drug-likeness (QED) is 0.790. The van der Waals surface area contributed by atoms with E-state index in [4.69, 9.17) is 9.84 Å². The van der Waals surface area contributed by atoms with Gasteiger partial charge < -0.3 is 20.1 Å². The number of aliphatic hydroxyl groups is 1. The van der Waals surface area contributed by atoms with Crippen molar-refractivity contribution in [3.63, 3.8) is 0 Å². The lowest BCUT2D eigenvalue weighted by Gasteiger charge is -2.22. The van der Waals surface area contributed by atoms with E-state index in [1.165, 1.54) is 12.0 Å². The van der Waals surface area contributed by atoms with Crippen molar-refractivity contribution in [2.75, 3.05) is 38.7 Å². The van der Waals surface area contributed by atoms with Crippen molar-refractivity contribution in [2.45, 2.75) is 6.18 Å². The number of anilines is 1. The summed E-state index contributed by atoms with van der Waals surface area (Å²) >= 11 is 0. The fraction of sp³-hybridized carbons (Fsp3) is 0.462. The van der Waals surface area contributed by atoms with E-state index < -0.39 is 23.6 Å². The van der Waals surface area contributed by atoms with Gasteiger partial charge in [0, 0.05) is 25.9 Å². The third-order valence-electron chi connectivity index (χ3n) is 2.75. The molecule has 0 saturated heterocycles. The molecule has 1 rings (SSSR count). The van der Waals surface area contributed by atoms with Crippen LogP contribution in [0.25, 0.3) is 0 Å². The number of hydrogen-bond acceptors (Lipinski definition) is 3. The number of halogens is 4. The highest BCUT2D eigenvalue weighted by molar-refractivity contribution is 5.89. The summed E-state index contributed by atoms with van der Waals surface area (Å²) in [6, 6.07) is 1.45. The lowest BCUT2D eigenvalue weighted by atomic mass is 10.2. The van der Waals surface area contributed by atoms with E-state index in [-0.39, 0.29) is 32.0 Å². The number of rotatable bonds is 6. The average molecular weight is 324 g/mol. The molecule has 5 nitrogen and oxygen atoms in total. The topological polar surface area (TPSA) is 61.8 Å². The highest BCUT2D eigenvalue weighted by atomic mass is 19.4. The van der Waals surface area contributed by atoms with Gasteiger partial charge in [0.15, 0.2) is 0 Å². The molecule has 0 spiro atoms. The molecule has 0 saturated carbocycles. The van der Waals surface area contributed by atoms with Crippen LogP contribution in [0.4, 0.5) is 28.0 Å². The number of aliphatic hydroxyl groups excluding tert-OH is 1. The number of carbonyl (C=O) groups is 1. The minimum Gasteiger partial charge on any atom is -0.395 e. The first kappa shape index (κ1) is 18.2. The van der Waals surface area contributed by atoms with E-state index >= 15 is 0 Å². The van der Waals surface area contributed by atoms with Crippen LogP contribution in [0.5, 0.6) is 0 Å². The molecule has 0 unspecified atom stereocenters. The molecule has 9 heteroatoms. The van der Waals surface area contributed by atoms with Gasteiger partial charge in [0.1, 0.15) is 5.82 Å². The molecule has 22 heavy (non-hydrogen) atoms. The predicted octanol–water partition coefficient (Wildman–Crippen LogP) is 2.32. The van der Waals surface area contributed by atoms with Crippen molar-refractivity contribution >= 4 is 11.7 Å². The van der Waals surface area contributed by atoms with Gasteiger partial charge in [0.05, 0.1) is 18.8 Å². The number of methoxy groups -OCH3 is 1. The molecule has 0 atom stereocenters. The zero-order valence-corrected chi connectivity index (χ0v) is 11.8. The summed E-state index contributed by atoms with van der Waals surface area (Å²) < 4.78 is 55.8. The molecule has 1 aromatic carbocycles. The molecule has 124 valence electrons. The van der Waals surface area contributed by atoms with Gasteiger partial charge in [0.25, 0.3) is 0 Å². The Morgan fingerprint density at radius 2 is 2.05 bits per heavy atom. The van der Waals surface area contributed by atoms with E-state index in [0.29, 0.717) is 12.1 Å². The maximum absolute atomic E-state index is 13.2. The Kier molecular flexibility index (Phi) is 6.57. The fourth-order valence-corrected chi connectivity index (χ4v) is 1.66. The molecule has 2 N–H and O–H groups in total. The number of alkyl halides is 3. The van der Waals surface area contributed by atoms with E-state index in [0.717, 1.165) is 6.07 Å². The van der Waals surface area contributed by atoms with Gasteiger partial charge in [-0.2, -0.15) is 13.2 Å². The molecular formula is C13H16F4N2O3. The van der Waals surface area contributed by atoms with E-state index in [9.17, 15) is 22.4 Å². The zero-order chi connectivity index (χ0) is 16.8. The smallest absolute Gasteiger partial charge is 0.395 e. The minimum absolute atomic E-state index is 0.0114. The van der Waals surface area contributed by atoms with Gasteiger partial charge in [-0.1, -0.05) is 0 Å². The number of ether oxygens (including phenoxy) is 1. The van der Waals surface area contributed by atoms with Crippen LogP contribution in [-0.4, -0.2) is 49.5 Å². The number of amides is 2. The fourth-order valence-electron chi connectivity index (χ4n) is 1.66. The number of carbonyl (C=O) groups excluding carboxylic acids is 1. The first-order chi connectivity index (χ1) is 10.3. The van der Waals surface area contributed by atoms with Crippen LogP contribution in [-0.2, 0) is 10.9 Å². The number of hydrogen-bond donors (Lipinski definition) is 2. The molecule has 0 aliphatic rings. The second-order valence-electron chi connectivity index (χ2n) is 4.33. The van der Waals surface area contributed by atoms with E-state index in [1.807, 2.05) is 0 Å². The Bertz CT molecular complexity index is 509. The Labute approximate surface area is 124 Å². The maximum atomic E-state index is 13.2. The molecule has 0 radical (unpaired) electrons. The summed E-state index contributed by atoms with van der Waals surface area (Å²) in [5.74, 6) is -1.42. The molecule has 0 bridgehead atoms. The monoisotopic (exact) mass is 324 g/mol. The number of benzene rings is 1. The predicted molar refractivity (Wildman–Crippen MR) is 71.0 cm³/mol. The largest absolute Gasteiger partial charge is 0.419 e. The number of nitrogens with one attached hydrogen (secondary N) is 1. The van der Waals surface area contributed by atoms with Crippen LogP contribution in [0.1, 0.15) is 5.56 Å². The summed E-state index contributed by atoms with van der Waals surface area (Å²) in [7, 11) is 1.42. The highest BCUT2D eigenvalue weighted by Gasteiger charge is 2.34. The van der Waals surface area contributed by atoms with Gasteiger partial charge in [-0.05, 0) is 18.2 Å². The standard InChI is InChI=1S/C13H16F4N2O3/c1-22-7-5-19(4-6-20)12(21)18-9-2-3-11(14)10(8-9)13(15,16)17/h2-3,8,20H,4-7H2,1H3,(H,18,21). The maximum Gasteiger partial charge on any atom is 0.419 e. The molecule has 0 aromatic heterocycles. The molecule has 0 aliphatic heterocycles. The van der Waals surface area contributed by atoms with Crippen LogP contribution in [0, 0.1) is 5.82 Å². The van der Waals surface area contributed by atoms with Gasteiger partial charge in [-0.15, -0.1) is 0 Å². The first-order valence-corrected chi connectivity index (χ1v) is 6.32. The van der Waals surface area contributed by atoms with Crippen molar-refractivity contribution < 1.29 is 32.2 Å². The molecular weight excluding hydrogens is 308 g/mol. The second kappa shape index (κ2) is 7.95. The molecule has 0 fully saturated rings. The minimum atomic E-state index is -4.86. The Balaban J connectivity index is 2.86. The normalized spacial score (nSPS) is 11.4. The Hall–Kier alpha value is -1.87. The first-order valence-electron chi connectivity index (χ1n) is 6.32. The van der Waals surface area contributed by atoms with Crippen molar-refractivity contribution in [3.05, 3.63) is 29.6 Å². The van der Waals surface area contributed by atoms with E-state index in [1.54, 1.807) is 0 Å². The second-order valence-corrected chi connectivity index (χ2v) is 4.33. The Morgan fingerprint density at radius 1 is 1.36 bits per heavy atom. The van der Waals surface area contributed by atoms with Gasteiger partial charge in [-0.3, -0.25) is 0 Å². The highest BCUT2D eigenvalue weighted by Crippen LogP contribution is 2.33. The average Bonchev–Trinajstić information content (AvgIpc) is 2.44. The summed E-state index contributed by atoms with van der Waals surface area (Å²) in [6.45, 7) is 0.0255. The van der Waals surface area contributed by atoms with Crippen molar-refractivity contribution in [1.82, 2.24) is 4.90 Å². The van der Waals surface area contributed by atoms with Gasteiger partial charge >= 0.3 is 12.2 Å². The van der Waals surface area contributed by atoms with Gasteiger partial charge in [-0.25, -0.2) is 9.18 Å². The lowest BCUT2D eigenvalue weighted by molar-refractivity contribution is -0.139. The SMILES string of the molecule is COCCN(CCO)C(=O)Nc1ccc(F)c(C(F)(F)F)c1. The molecule has 0 aliphatic carbocycles. The van der Waals surface area contributed by atoms with Crippen LogP contribution >= 0.6 is 0 Å². The van der Waals surface area contributed by atoms with Crippen LogP contribution in [0.15, 0.2) is 18.2 Å². The summed E-state index contributed by atoms with van der Waals surface area (Å²) in [4.78, 5) is 13.1. The zero-order valence-electron chi connectivity index (χ0n) is 11.8. The van der Waals surface area contributed by atoms with E-state index in [2.05, 4.69) is 5.32 Å².